The number of hydrogen-bond donors (Lipinski definition) is 1. The van der Waals surface area contributed by atoms with Crippen molar-refractivity contribution in [1.82, 2.24) is 10.2 Å². The largest absolute Gasteiger partial charge is 0.573 e. The molecule has 1 fully saturated rings. The monoisotopic (exact) mass is 344 g/mol. The minimum atomic E-state index is -4.74. The van der Waals surface area contributed by atoms with Crippen LogP contribution in [-0.2, 0) is 9.59 Å². The number of carbonyl (C=O) groups is 2. The van der Waals surface area contributed by atoms with Crippen molar-refractivity contribution in [2.24, 2.45) is 0 Å². The van der Waals surface area contributed by atoms with Crippen molar-refractivity contribution in [2.45, 2.75) is 45.1 Å². The van der Waals surface area contributed by atoms with E-state index in [-0.39, 0.29) is 17.6 Å². The molecule has 1 aliphatic heterocycles. The minimum Gasteiger partial charge on any atom is -0.406 e. The van der Waals surface area contributed by atoms with Gasteiger partial charge >= 0.3 is 6.36 Å². The van der Waals surface area contributed by atoms with Crippen molar-refractivity contribution < 1.29 is 27.5 Å². The Labute approximate surface area is 137 Å². The molecule has 1 aliphatic rings. The topological polar surface area (TPSA) is 58.6 Å². The third kappa shape index (κ3) is 4.62. The SMILES string of the molecule is CC(=O)N1CCC[C@@H]1C(=O)N[C@@H](C)c1ccc(OC(F)(F)F)cc1. The third-order valence-electron chi connectivity index (χ3n) is 3.93. The highest BCUT2D eigenvalue weighted by Crippen LogP contribution is 2.25. The lowest BCUT2D eigenvalue weighted by molar-refractivity contribution is -0.274. The number of ether oxygens (including phenoxy) is 1. The van der Waals surface area contributed by atoms with Crippen LogP contribution in [0.4, 0.5) is 13.2 Å². The molecule has 1 N–H and O–H groups in total. The number of rotatable bonds is 4. The summed E-state index contributed by atoms with van der Waals surface area (Å²) in [6.07, 6.45) is -3.36. The first-order valence-electron chi connectivity index (χ1n) is 7.60. The second-order valence-electron chi connectivity index (χ2n) is 5.72. The molecule has 0 aromatic heterocycles. The number of nitrogens with zero attached hydrogens (tertiary/aromatic N) is 1. The predicted octanol–water partition coefficient (Wildman–Crippen LogP) is 2.77. The first-order valence-corrected chi connectivity index (χ1v) is 7.60. The van der Waals surface area contributed by atoms with Crippen LogP contribution in [-0.4, -0.2) is 35.7 Å². The van der Waals surface area contributed by atoms with E-state index in [1.807, 2.05) is 0 Å². The summed E-state index contributed by atoms with van der Waals surface area (Å²) in [6.45, 7) is 3.71. The lowest BCUT2D eigenvalue weighted by Gasteiger charge is -2.24. The van der Waals surface area contributed by atoms with E-state index in [9.17, 15) is 22.8 Å². The number of likely N-dealkylation sites (tertiary alicyclic amines) is 1. The van der Waals surface area contributed by atoms with Crippen molar-refractivity contribution in [3.05, 3.63) is 29.8 Å². The van der Waals surface area contributed by atoms with Crippen LogP contribution in [0.5, 0.6) is 5.75 Å². The van der Waals surface area contributed by atoms with Gasteiger partial charge in [-0.3, -0.25) is 9.59 Å². The van der Waals surface area contributed by atoms with Crippen LogP contribution >= 0.6 is 0 Å². The van der Waals surface area contributed by atoms with Crippen LogP contribution in [0.15, 0.2) is 24.3 Å². The molecular weight excluding hydrogens is 325 g/mol. The van der Waals surface area contributed by atoms with Crippen LogP contribution < -0.4 is 10.1 Å². The molecule has 0 saturated carbocycles. The lowest BCUT2D eigenvalue weighted by atomic mass is 10.1. The Kier molecular flexibility index (Phi) is 5.36. The summed E-state index contributed by atoms with van der Waals surface area (Å²) in [7, 11) is 0. The maximum atomic E-state index is 12.3. The molecular formula is C16H19F3N2O3. The maximum Gasteiger partial charge on any atom is 0.573 e. The Hall–Kier alpha value is -2.25. The van der Waals surface area contributed by atoms with Crippen LogP contribution in [0.3, 0.4) is 0 Å². The Morgan fingerprint density at radius 1 is 1.29 bits per heavy atom. The molecule has 5 nitrogen and oxygen atoms in total. The molecule has 0 unspecified atom stereocenters. The van der Waals surface area contributed by atoms with Gasteiger partial charge in [-0.05, 0) is 37.5 Å². The fourth-order valence-corrected chi connectivity index (χ4v) is 2.77. The van der Waals surface area contributed by atoms with Gasteiger partial charge in [-0.2, -0.15) is 0 Å². The number of nitrogens with one attached hydrogen (secondary N) is 1. The van der Waals surface area contributed by atoms with E-state index in [4.69, 9.17) is 0 Å². The van der Waals surface area contributed by atoms with E-state index in [0.29, 0.717) is 18.5 Å². The fraction of sp³-hybridized carbons (Fsp3) is 0.500. The molecule has 24 heavy (non-hydrogen) atoms. The normalized spacial score (nSPS) is 19.0. The van der Waals surface area contributed by atoms with Crippen molar-refractivity contribution in [1.29, 1.82) is 0 Å². The first-order chi connectivity index (χ1) is 11.2. The van der Waals surface area contributed by atoms with Crippen molar-refractivity contribution >= 4 is 11.8 Å². The molecule has 8 heteroatoms. The van der Waals surface area contributed by atoms with E-state index in [1.165, 1.54) is 36.1 Å². The number of benzene rings is 1. The third-order valence-corrected chi connectivity index (χ3v) is 3.93. The summed E-state index contributed by atoms with van der Waals surface area (Å²) in [5, 5.41) is 2.79. The highest BCUT2D eigenvalue weighted by Gasteiger charge is 2.33. The highest BCUT2D eigenvalue weighted by atomic mass is 19.4. The van der Waals surface area contributed by atoms with Gasteiger partial charge in [0.2, 0.25) is 11.8 Å². The minimum absolute atomic E-state index is 0.144. The van der Waals surface area contributed by atoms with E-state index < -0.39 is 18.4 Å². The molecule has 1 saturated heterocycles. The quantitative estimate of drug-likeness (QED) is 0.914. The average molecular weight is 344 g/mol. The molecule has 132 valence electrons. The Morgan fingerprint density at radius 2 is 1.92 bits per heavy atom. The summed E-state index contributed by atoms with van der Waals surface area (Å²) < 4.78 is 40.2. The van der Waals surface area contributed by atoms with Crippen LogP contribution in [0.1, 0.15) is 38.3 Å². The Balaban J connectivity index is 1.98. The van der Waals surface area contributed by atoms with Crippen molar-refractivity contribution in [3.63, 3.8) is 0 Å². The molecule has 0 spiro atoms. The van der Waals surface area contributed by atoms with Crippen LogP contribution in [0, 0.1) is 0 Å². The molecule has 1 aromatic rings. The van der Waals surface area contributed by atoms with E-state index in [0.717, 1.165) is 6.42 Å². The Bertz CT molecular complexity index is 602. The summed E-state index contributed by atoms with van der Waals surface area (Å²) >= 11 is 0. The number of amides is 2. The van der Waals surface area contributed by atoms with Gasteiger partial charge in [0.25, 0.3) is 0 Å². The van der Waals surface area contributed by atoms with Crippen molar-refractivity contribution in [2.75, 3.05) is 6.54 Å². The first kappa shape index (κ1) is 18.1. The number of halogens is 3. The van der Waals surface area contributed by atoms with E-state index >= 15 is 0 Å². The van der Waals surface area contributed by atoms with Gasteiger partial charge < -0.3 is 15.0 Å². The van der Waals surface area contributed by atoms with Gasteiger partial charge in [0, 0.05) is 13.5 Å². The standard InChI is InChI=1S/C16H19F3N2O3/c1-10(12-5-7-13(8-6-12)24-16(17,18)19)20-15(23)14-4-3-9-21(14)11(2)22/h5-8,10,14H,3-4,9H2,1-2H3,(H,20,23)/t10-,14+/m0/s1. The molecule has 2 amide bonds. The molecule has 1 aromatic carbocycles. The van der Waals surface area contributed by atoms with Crippen LogP contribution in [0.2, 0.25) is 0 Å². The zero-order valence-corrected chi connectivity index (χ0v) is 13.4. The molecule has 0 bridgehead atoms. The lowest BCUT2D eigenvalue weighted by Crippen LogP contribution is -2.45. The summed E-state index contributed by atoms with van der Waals surface area (Å²) in [6, 6.07) is 4.43. The molecule has 2 atom stereocenters. The fourth-order valence-electron chi connectivity index (χ4n) is 2.77. The summed E-state index contributed by atoms with van der Waals surface area (Å²) in [4.78, 5) is 25.4. The summed E-state index contributed by atoms with van der Waals surface area (Å²) in [5.74, 6) is -0.719. The van der Waals surface area contributed by atoms with Crippen molar-refractivity contribution in [3.8, 4) is 5.75 Å². The second-order valence-corrected chi connectivity index (χ2v) is 5.72. The zero-order chi connectivity index (χ0) is 17.9. The maximum absolute atomic E-state index is 12.3. The average Bonchev–Trinajstić information content (AvgIpc) is 2.96. The van der Waals surface area contributed by atoms with E-state index in [2.05, 4.69) is 10.1 Å². The zero-order valence-electron chi connectivity index (χ0n) is 13.4. The van der Waals surface area contributed by atoms with E-state index in [1.54, 1.807) is 6.92 Å². The molecule has 0 radical (unpaired) electrons. The van der Waals surface area contributed by atoms with Gasteiger partial charge in [0.05, 0.1) is 6.04 Å². The predicted molar refractivity (Wildman–Crippen MR) is 80.1 cm³/mol. The summed E-state index contributed by atoms with van der Waals surface area (Å²) in [5.41, 5.74) is 0.644. The second kappa shape index (κ2) is 7.11. The van der Waals surface area contributed by atoms with Crippen LogP contribution in [0.25, 0.3) is 0 Å². The molecule has 0 aliphatic carbocycles. The Morgan fingerprint density at radius 3 is 2.46 bits per heavy atom. The highest BCUT2D eigenvalue weighted by molar-refractivity contribution is 5.87. The number of carbonyl (C=O) groups excluding carboxylic acids is 2. The van der Waals surface area contributed by atoms with Gasteiger partial charge in [-0.25, -0.2) is 0 Å². The molecule has 2 rings (SSSR count). The van der Waals surface area contributed by atoms with Gasteiger partial charge in [0.1, 0.15) is 11.8 Å². The van der Waals surface area contributed by atoms with Gasteiger partial charge in [-0.15, -0.1) is 13.2 Å². The number of alkyl halides is 3. The van der Waals surface area contributed by atoms with Gasteiger partial charge in [-0.1, -0.05) is 12.1 Å². The van der Waals surface area contributed by atoms with Gasteiger partial charge in [0.15, 0.2) is 0 Å². The molecule has 1 heterocycles. The number of hydrogen-bond acceptors (Lipinski definition) is 3. The smallest absolute Gasteiger partial charge is 0.406 e.